The molecule has 1 aliphatic rings. The smallest absolute Gasteiger partial charge is 0.120 e. The van der Waals surface area contributed by atoms with E-state index in [0.717, 1.165) is 18.6 Å². The van der Waals surface area contributed by atoms with Crippen LogP contribution < -0.4 is 10.5 Å². The van der Waals surface area contributed by atoms with Crippen LogP contribution in [0.25, 0.3) is 0 Å². The Morgan fingerprint density at radius 1 is 1.35 bits per heavy atom. The van der Waals surface area contributed by atoms with Crippen molar-refractivity contribution in [3.05, 3.63) is 42.0 Å². The first-order chi connectivity index (χ1) is 8.29. The van der Waals surface area contributed by atoms with Crippen LogP contribution in [-0.4, -0.2) is 6.10 Å². The van der Waals surface area contributed by atoms with Gasteiger partial charge in [0.05, 0.1) is 0 Å². The molecule has 0 heterocycles. The number of rotatable bonds is 4. The summed E-state index contributed by atoms with van der Waals surface area (Å²) in [5, 5.41) is 0. The van der Waals surface area contributed by atoms with Gasteiger partial charge in [-0.05, 0) is 49.5 Å². The fourth-order valence-electron chi connectivity index (χ4n) is 2.08. The summed E-state index contributed by atoms with van der Waals surface area (Å²) >= 11 is 0. The molecule has 0 aromatic heterocycles. The zero-order chi connectivity index (χ0) is 12.1. The highest BCUT2D eigenvalue weighted by Gasteiger charge is 2.10. The molecule has 0 amide bonds. The van der Waals surface area contributed by atoms with Crippen molar-refractivity contribution in [2.24, 2.45) is 5.73 Å². The van der Waals surface area contributed by atoms with Crippen molar-refractivity contribution in [3.63, 3.8) is 0 Å². The third kappa shape index (κ3) is 3.34. The van der Waals surface area contributed by atoms with E-state index in [2.05, 4.69) is 31.2 Å². The van der Waals surface area contributed by atoms with Gasteiger partial charge in [0.25, 0.3) is 0 Å². The SMILES string of the molecule is CC[C@H](N)c1ccc(OC2C=CCCC2)cc1. The maximum atomic E-state index is 5.98. The van der Waals surface area contributed by atoms with Gasteiger partial charge in [-0.25, -0.2) is 0 Å². The van der Waals surface area contributed by atoms with Crippen molar-refractivity contribution < 1.29 is 4.74 Å². The maximum Gasteiger partial charge on any atom is 0.120 e. The molecule has 0 aliphatic heterocycles. The number of hydrogen-bond acceptors (Lipinski definition) is 2. The van der Waals surface area contributed by atoms with Crippen LogP contribution in [0.3, 0.4) is 0 Å². The Kier molecular flexibility index (Phi) is 4.21. The predicted molar refractivity (Wildman–Crippen MR) is 71.1 cm³/mol. The molecule has 0 fully saturated rings. The number of allylic oxidation sites excluding steroid dienone is 1. The number of ether oxygens (including phenoxy) is 1. The summed E-state index contributed by atoms with van der Waals surface area (Å²) in [7, 11) is 0. The highest BCUT2D eigenvalue weighted by molar-refractivity contribution is 5.29. The topological polar surface area (TPSA) is 35.2 Å². The first-order valence-corrected chi connectivity index (χ1v) is 6.48. The largest absolute Gasteiger partial charge is 0.486 e. The van der Waals surface area contributed by atoms with Gasteiger partial charge < -0.3 is 10.5 Å². The molecule has 2 atom stereocenters. The second-order valence-corrected chi connectivity index (χ2v) is 4.60. The van der Waals surface area contributed by atoms with Gasteiger partial charge in [0.1, 0.15) is 11.9 Å². The van der Waals surface area contributed by atoms with Crippen molar-refractivity contribution in [3.8, 4) is 5.75 Å². The molecule has 2 nitrogen and oxygen atoms in total. The van der Waals surface area contributed by atoms with Gasteiger partial charge in [-0.15, -0.1) is 0 Å². The molecule has 2 heteroatoms. The average Bonchev–Trinajstić information content (AvgIpc) is 2.40. The molecule has 0 radical (unpaired) electrons. The predicted octanol–water partition coefficient (Wildman–Crippen LogP) is 3.58. The summed E-state index contributed by atoms with van der Waals surface area (Å²) in [6.45, 7) is 2.10. The highest BCUT2D eigenvalue weighted by atomic mass is 16.5. The van der Waals surface area contributed by atoms with Crippen molar-refractivity contribution in [2.75, 3.05) is 0 Å². The molecule has 1 unspecified atom stereocenters. The minimum Gasteiger partial charge on any atom is -0.486 e. The molecule has 0 saturated heterocycles. The van der Waals surface area contributed by atoms with Crippen molar-refractivity contribution >= 4 is 0 Å². The number of benzene rings is 1. The van der Waals surface area contributed by atoms with Crippen LogP contribution in [0.1, 0.15) is 44.2 Å². The van der Waals surface area contributed by atoms with Crippen LogP contribution in [0.15, 0.2) is 36.4 Å². The molecule has 92 valence electrons. The van der Waals surface area contributed by atoms with E-state index in [1.54, 1.807) is 0 Å². The van der Waals surface area contributed by atoms with E-state index in [1.807, 2.05) is 12.1 Å². The van der Waals surface area contributed by atoms with Gasteiger partial charge in [-0.2, -0.15) is 0 Å². The Morgan fingerprint density at radius 2 is 2.12 bits per heavy atom. The minimum absolute atomic E-state index is 0.138. The van der Waals surface area contributed by atoms with Gasteiger partial charge in [-0.1, -0.05) is 25.1 Å². The van der Waals surface area contributed by atoms with E-state index >= 15 is 0 Å². The lowest BCUT2D eigenvalue weighted by Crippen LogP contribution is -2.15. The molecule has 2 rings (SSSR count). The lowest BCUT2D eigenvalue weighted by atomic mass is 10.0. The lowest BCUT2D eigenvalue weighted by molar-refractivity contribution is 0.230. The van der Waals surface area contributed by atoms with E-state index in [9.17, 15) is 0 Å². The Labute approximate surface area is 103 Å². The Bertz CT molecular complexity index is 369. The van der Waals surface area contributed by atoms with E-state index in [-0.39, 0.29) is 12.1 Å². The van der Waals surface area contributed by atoms with Gasteiger partial charge in [0, 0.05) is 6.04 Å². The van der Waals surface area contributed by atoms with Crippen molar-refractivity contribution in [1.82, 2.24) is 0 Å². The second kappa shape index (κ2) is 5.87. The van der Waals surface area contributed by atoms with Crippen LogP contribution in [0.5, 0.6) is 5.75 Å². The van der Waals surface area contributed by atoms with Crippen molar-refractivity contribution in [2.45, 2.75) is 44.8 Å². The third-order valence-corrected chi connectivity index (χ3v) is 3.25. The van der Waals surface area contributed by atoms with Crippen molar-refractivity contribution in [1.29, 1.82) is 0 Å². The summed E-state index contributed by atoms with van der Waals surface area (Å²) in [6, 6.07) is 8.31. The maximum absolute atomic E-state index is 5.98. The third-order valence-electron chi connectivity index (χ3n) is 3.25. The highest BCUT2D eigenvalue weighted by Crippen LogP contribution is 2.21. The van der Waals surface area contributed by atoms with Crippen LogP contribution in [0, 0.1) is 0 Å². The molecule has 0 bridgehead atoms. The molecule has 0 saturated carbocycles. The summed E-state index contributed by atoms with van der Waals surface area (Å²) in [5.74, 6) is 0.939. The number of nitrogens with two attached hydrogens (primary N) is 1. The van der Waals surface area contributed by atoms with Gasteiger partial charge in [0.15, 0.2) is 0 Å². The van der Waals surface area contributed by atoms with Gasteiger partial charge in [-0.3, -0.25) is 0 Å². The summed E-state index contributed by atoms with van der Waals surface area (Å²) < 4.78 is 5.90. The van der Waals surface area contributed by atoms with Gasteiger partial charge in [0.2, 0.25) is 0 Å². The molecule has 2 N–H and O–H groups in total. The van der Waals surface area contributed by atoms with E-state index in [0.29, 0.717) is 0 Å². The normalized spacial score (nSPS) is 21.2. The van der Waals surface area contributed by atoms with E-state index in [1.165, 1.54) is 18.4 Å². The molecule has 1 aliphatic carbocycles. The molecule has 0 spiro atoms. The zero-order valence-electron chi connectivity index (χ0n) is 10.4. The van der Waals surface area contributed by atoms with E-state index in [4.69, 9.17) is 10.5 Å². The molecule has 17 heavy (non-hydrogen) atoms. The van der Waals surface area contributed by atoms with Crippen LogP contribution in [0.4, 0.5) is 0 Å². The summed E-state index contributed by atoms with van der Waals surface area (Å²) in [4.78, 5) is 0. The Morgan fingerprint density at radius 3 is 2.71 bits per heavy atom. The lowest BCUT2D eigenvalue weighted by Gasteiger charge is -2.19. The minimum atomic E-state index is 0.138. The second-order valence-electron chi connectivity index (χ2n) is 4.60. The quantitative estimate of drug-likeness (QED) is 0.804. The zero-order valence-corrected chi connectivity index (χ0v) is 10.4. The van der Waals surface area contributed by atoms with E-state index < -0.39 is 0 Å². The van der Waals surface area contributed by atoms with Crippen LogP contribution in [0.2, 0.25) is 0 Å². The first kappa shape index (κ1) is 12.2. The fourth-order valence-corrected chi connectivity index (χ4v) is 2.08. The van der Waals surface area contributed by atoms with Crippen LogP contribution >= 0.6 is 0 Å². The summed E-state index contributed by atoms with van der Waals surface area (Å²) in [5.41, 5.74) is 7.16. The average molecular weight is 231 g/mol. The van der Waals surface area contributed by atoms with Gasteiger partial charge >= 0.3 is 0 Å². The standard InChI is InChI=1S/C15H21NO/c1-2-15(16)12-8-10-14(11-9-12)17-13-6-4-3-5-7-13/h4,6,8-11,13,15H,2-3,5,7,16H2,1H3/t13?,15-/m0/s1. The molecular formula is C15H21NO. The molecule has 1 aromatic carbocycles. The Balaban J connectivity index is 1.97. The molecule has 1 aromatic rings. The number of hydrogen-bond donors (Lipinski definition) is 1. The fraction of sp³-hybridized carbons (Fsp3) is 0.467. The monoisotopic (exact) mass is 231 g/mol. The Hall–Kier alpha value is -1.28. The van der Waals surface area contributed by atoms with Crippen LogP contribution in [-0.2, 0) is 0 Å². The molecular weight excluding hydrogens is 210 g/mol. The first-order valence-electron chi connectivity index (χ1n) is 6.48. The summed E-state index contributed by atoms with van der Waals surface area (Å²) in [6.07, 6.45) is 9.10.